The van der Waals surface area contributed by atoms with Gasteiger partial charge in [0.05, 0.1) is 9.86 Å². The molecule has 0 bridgehead atoms. The van der Waals surface area contributed by atoms with Gasteiger partial charge in [0.25, 0.3) is 0 Å². The molecule has 1 aromatic heterocycles. The summed E-state index contributed by atoms with van der Waals surface area (Å²) in [5, 5.41) is 12.0. The van der Waals surface area contributed by atoms with Crippen molar-refractivity contribution >= 4 is 33.2 Å². The van der Waals surface area contributed by atoms with Gasteiger partial charge in [-0.15, -0.1) is 11.3 Å². The number of nitrogens with one attached hydrogen (secondary N) is 1. The number of nitriles is 1. The molecule has 1 aromatic rings. The zero-order chi connectivity index (χ0) is 13.6. The van der Waals surface area contributed by atoms with E-state index in [1.165, 1.54) is 4.88 Å². The largest absolute Gasteiger partial charge is 0.354 e. The van der Waals surface area contributed by atoms with E-state index in [4.69, 9.17) is 5.26 Å². The quantitative estimate of drug-likeness (QED) is 0.868. The molecule has 0 aliphatic rings. The number of rotatable bonds is 6. The average molecular weight is 329 g/mol. The van der Waals surface area contributed by atoms with Crippen LogP contribution < -0.4 is 5.32 Å². The van der Waals surface area contributed by atoms with Gasteiger partial charge in [0, 0.05) is 11.4 Å². The molecule has 0 spiro atoms. The summed E-state index contributed by atoms with van der Waals surface area (Å²) in [6.07, 6.45) is 1.91. The van der Waals surface area contributed by atoms with Crippen LogP contribution in [0.3, 0.4) is 0 Å². The van der Waals surface area contributed by atoms with E-state index in [1.807, 2.05) is 26.0 Å². The minimum Gasteiger partial charge on any atom is -0.354 e. The first-order valence-electron chi connectivity index (χ1n) is 6.01. The molecule has 18 heavy (non-hydrogen) atoms. The van der Waals surface area contributed by atoms with Crippen LogP contribution in [0.5, 0.6) is 0 Å². The van der Waals surface area contributed by atoms with Crippen LogP contribution in [0.4, 0.5) is 0 Å². The van der Waals surface area contributed by atoms with Gasteiger partial charge in [-0.1, -0.05) is 13.8 Å². The second-order valence-electron chi connectivity index (χ2n) is 4.11. The SMILES string of the molecule is CCC(C#N)(CC)C(=O)NCCc1ccc(Br)s1. The highest BCUT2D eigenvalue weighted by Crippen LogP contribution is 2.25. The molecule has 0 radical (unpaired) electrons. The second kappa shape index (κ2) is 6.91. The molecular weight excluding hydrogens is 312 g/mol. The van der Waals surface area contributed by atoms with Crippen molar-refractivity contribution < 1.29 is 4.79 Å². The molecule has 1 heterocycles. The van der Waals surface area contributed by atoms with Crippen LogP contribution in [0, 0.1) is 16.7 Å². The number of hydrogen-bond donors (Lipinski definition) is 1. The lowest BCUT2D eigenvalue weighted by Crippen LogP contribution is -2.40. The Hall–Kier alpha value is -0.860. The van der Waals surface area contributed by atoms with Crippen molar-refractivity contribution in [1.29, 1.82) is 5.26 Å². The standard InChI is InChI=1S/C13H17BrN2OS/c1-3-13(4-2,9-15)12(17)16-8-7-10-5-6-11(14)18-10/h5-6H,3-4,7-8H2,1-2H3,(H,16,17). The Labute approximate surface area is 120 Å². The highest BCUT2D eigenvalue weighted by molar-refractivity contribution is 9.11. The molecule has 0 saturated carbocycles. The molecule has 0 saturated heterocycles. The molecule has 0 atom stereocenters. The monoisotopic (exact) mass is 328 g/mol. The molecule has 0 unspecified atom stereocenters. The van der Waals surface area contributed by atoms with E-state index in [1.54, 1.807) is 11.3 Å². The normalized spacial score (nSPS) is 11.0. The van der Waals surface area contributed by atoms with E-state index < -0.39 is 5.41 Å². The van der Waals surface area contributed by atoms with Crippen LogP contribution in [0.25, 0.3) is 0 Å². The van der Waals surface area contributed by atoms with E-state index >= 15 is 0 Å². The van der Waals surface area contributed by atoms with Gasteiger partial charge in [-0.25, -0.2) is 0 Å². The Morgan fingerprint density at radius 3 is 2.61 bits per heavy atom. The number of amides is 1. The molecule has 5 heteroatoms. The fraction of sp³-hybridized carbons (Fsp3) is 0.538. The van der Waals surface area contributed by atoms with Gasteiger partial charge in [0.1, 0.15) is 5.41 Å². The fourth-order valence-corrected chi connectivity index (χ4v) is 3.22. The molecule has 0 fully saturated rings. The van der Waals surface area contributed by atoms with Crippen LogP contribution in [0.1, 0.15) is 31.6 Å². The highest BCUT2D eigenvalue weighted by Gasteiger charge is 2.34. The molecule has 0 aliphatic carbocycles. The summed E-state index contributed by atoms with van der Waals surface area (Å²) < 4.78 is 1.09. The summed E-state index contributed by atoms with van der Waals surface area (Å²) in [4.78, 5) is 13.2. The Balaban J connectivity index is 2.48. The van der Waals surface area contributed by atoms with Gasteiger partial charge in [0.15, 0.2) is 0 Å². The summed E-state index contributed by atoms with van der Waals surface area (Å²) in [6, 6.07) is 6.19. The van der Waals surface area contributed by atoms with Crippen molar-refractivity contribution in [2.75, 3.05) is 6.54 Å². The number of nitrogens with zero attached hydrogens (tertiary/aromatic N) is 1. The van der Waals surface area contributed by atoms with E-state index in [9.17, 15) is 4.79 Å². The molecule has 98 valence electrons. The lowest BCUT2D eigenvalue weighted by Gasteiger charge is -2.21. The summed E-state index contributed by atoms with van der Waals surface area (Å²) in [7, 11) is 0. The van der Waals surface area contributed by atoms with Crippen molar-refractivity contribution in [2.24, 2.45) is 5.41 Å². The summed E-state index contributed by atoms with van der Waals surface area (Å²) in [6.45, 7) is 4.33. The van der Waals surface area contributed by atoms with E-state index in [0.717, 1.165) is 10.2 Å². The maximum absolute atomic E-state index is 12.0. The van der Waals surface area contributed by atoms with E-state index in [0.29, 0.717) is 19.4 Å². The van der Waals surface area contributed by atoms with Crippen molar-refractivity contribution in [2.45, 2.75) is 33.1 Å². The Morgan fingerprint density at radius 1 is 1.50 bits per heavy atom. The van der Waals surface area contributed by atoms with Gasteiger partial charge < -0.3 is 5.32 Å². The third kappa shape index (κ3) is 3.56. The molecule has 1 N–H and O–H groups in total. The molecule has 0 aliphatic heterocycles. The van der Waals surface area contributed by atoms with Crippen molar-refractivity contribution in [3.05, 3.63) is 20.8 Å². The van der Waals surface area contributed by atoms with Crippen molar-refractivity contribution in [3.8, 4) is 6.07 Å². The number of carbonyl (C=O) groups excluding carboxylic acids is 1. The summed E-state index contributed by atoms with van der Waals surface area (Å²) >= 11 is 5.07. The zero-order valence-corrected chi connectivity index (χ0v) is 13.0. The van der Waals surface area contributed by atoms with Crippen LogP contribution in [-0.4, -0.2) is 12.5 Å². The molecule has 1 rings (SSSR count). The van der Waals surface area contributed by atoms with Crippen LogP contribution in [0.15, 0.2) is 15.9 Å². The van der Waals surface area contributed by atoms with Crippen molar-refractivity contribution in [1.82, 2.24) is 5.32 Å². The topological polar surface area (TPSA) is 52.9 Å². The minimum atomic E-state index is -0.865. The Bertz CT molecular complexity index is 446. The van der Waals surface area contributed by atoms with Gasteiger partial charge >= 0.3 is 0 Å². The van der Waals surface area contributed by atoms with E-state index in [2.05, 4.69) is 27.3 Å². The Morgan fingerprint density at radius 2 is 2.17 bits per heavy atom. The third-order valence-corrected chi connectivity index (χ3v) is 4.83. The Kier molecular flexibility index (Phi) is 5.83. The van der Waals surface area contributed by atoms with Gasteiger partial charge in [-0.3, -0.25) is 4.79 Å². The first kappa shape index (κ1) is 15.2. The number of halogens is 1. The maximum Gasteiger partial charge on any atom is 0.240 e. The van der Waals surface area contributed by atoms with Crippen molar-refractivity contribution in [3.63, 3.8) is 0 Å². The van der Waals surface area contributed by atoms with Gasteiger partial charge in [-0.05, 0) is 47.3 Å². The van der Waals surface area contributed by atoms with Gasteiger partial charge in [-0.2, -0.15) is 5.26 Å². The second-order valence-corrected chi connectivity index (χ2v) is 6.66. The fourth-order valence-electron chi connectivity index (χ4n) is 1.73. The first-order valence-corrected chi connectivity index (χ1v) is 7.62. The highest BCUT2D eigenvalue weighted by atomic mass is 79.9. The first-order chi connectivity index (χ1) is 8.57. The number of hydrogen-bond acceptors (Lipinski definition) is 3. The molecule has 1 amide bonds. The van der Waals surface area contributed by atoms with Crippen LogP contribution in [-0.2, 0) is 11.2 Å². The summed E-state index contributed by atoms with van der Waals surface area (Å²) in [5.74, 6) is -0.148. The smallest absolute Gasteiger partial charge is 0.240 e. The van der Waals surface area contributed by atoms with E-state index in [-0.39, 0.29) is 5.91 Å². The average Bonchev–Trinajstić information content (AvgIpc) is 2.78. The predicted molar refractivity (Wildman–Crippen MR) is 77.4 cm³/mol. The molecule has 3 nitrogen and oxygen atoms in total. The van der Waals surface area contributed by atoms with Crippen LogP contribution >= 0.6 is 27.3 Å². The lowest BCUT2D eigenvalue weighted by atomic mass is 9.83. The summed E-state index contributed by atoms with van der Waals surface area (Å²) in [5.41, 5.74) is -0.865. The number of carbonyl (C=O) groups is 1. The molecule has 0 aromatic carbocycles. The predicted octanol–water partition coefficient (Wildman–Crippen LogP) is 3.50. The van der Waals surface area contributed by atoms with Crippen LogP contribution in [0.2, 0.25) is 0 Å². The van der Waals surface area contributed by atoms with Gasteiger partial charge in [0.2, 0.25) is 5.91 Å². The zero-order valence-electron chi connectivity index (χ0n) is 10.6. The minimum absolute atomic E-state index is 0.148. The lowest BCUT2D eigenvalue weighted by molar-refractivity contribution is -0.128. The third-order valence-electron chi connectivity index (χ3n) is 3.14. The number of thiophene rings is 1. The molecular formula is C13H17BrN2OS. The maximum atomic E-state index is 12.0.